The predicted octanol–water partition coefficient (Wildman–Crippen LogP) is 6.88. The zero-order valence-corrected chi connectivity index (χ0v) is 26.0. The molecule has 0 bridgehead atoms. The van der Waals surface area contributed by atoms with Crippen LogP contribution < -0.4 is 15.4 Å². The molecule has 1 unspecified atom stereocenters. The van der Waals surface area contributed by atoms with E-state index in [1.54, 1.807) is 35.4 Å². The van der Waals surface area contributed by atoms with E-state index >= 15 is 0 Å². The van der Waals surface area contributed by atoms with Gasteiger partial charge in [-0.15, -0.1) is 0 Å². The molecule has 1 aliphatic heterocycles. The second kappa shape index (κ2) is 13.7. The summed E-state index contributed by atoms with van der Waals surface area (Å²) in [5, 5.41) is 7.18. The average Bonchev–Trinajstić information content (AvgIpc) is 3.48. The van der Waals surface area contributed by atoms with Crippen LogP contribution in [-0.4, -0.2) is 50.0 Å². The minimum Gasteiger partial charge on any atom is -0.486 e. The Morgan fingerprint density at radius 3 is 2.73 bits per heavy atom. The van der Waals surface area contributed by atoms with Crippen molar-refractivity contribution >= 4 is 51.7 Å². The van der Waals surface area contributed by atoms with E-state index < -0.39 is 17.6 Å². The summed E-state index contributed by atoms with van der Waals surface area (Å²) in [6, 6.07) is 14.2. The monoisotopic (exact) mass is 624 g/mol. The van der Waals surface area contributed by atoms with Crippen molar-refractivity contribution in [2.45, 2.75) is 51.9 Å². The highest BCUT2D eigenvalue weighted by Crippen LogP contribution is 2.32. The van der Waals surface area contributed by atoms with Crippen LogP contribution in [-0.2, 0) is 16.1 Å². The van der Waals surface area contributed by atoms with Gasteiger partial charge in [0.05, 0.1) is 33.5 Å². The van der Waals surface area contributed by atoms with E-state index in [1.807, 2.05) is 45.0 Å². The molecular weight excluding hydrogens is 592 g/mol. The molecule has 0 radical (unpaired) electrons. The van der Waals surface area contributed by atoms with Crippen LogP contribution in [0.4, 0.5) is 22.0 Å². The lowest BCUT2D eigenvalue weighted by atomic mass is 10.1. The summed E-state index contributed by atoms with van der Waals surface area (Å²) >= 11 is 6.53. The highest BCUT2D eigenvalue weighted by atomic mass is 35.5. The zero-order valence-electron chi connectivity index (χ0n) is 25.3. The van der Waals surface area contributed by atoms with Crippen LogP contribution in [0.5, 0.6) is 5.75 Å². The number of nitrogens with one attached hydrogen (secondary N) is 2. The van der Waals surface area contributed by atoms with Crippen molar-refractivity contribution in [1.29, 1.82) is 0 Å². The number of amides is 2. The second-order valence-corrected chi connectivity index (χ2v) is 11.7. The number of nitrogens with zero attached hydrogens (tertiary/aromatic N) is 4. The van der Waals surface area contributed by atoms with Crippen molar-refractivity contribution in [1.82, 2.24) is 19.9 Å². The smallest absolute Gasteiger partial charge is 0.411 e. The van der Waals surface area contributed by atoms with Gasteiger partial charge in [-0.1, -0.05) is 36.1 Å². The van der Waals surface area contributed by atoms with Crippen LogP contribution in [0.3, 0.4) is 0 Å². The molecule has 5 rings (SSSR count). The maximum atomic E-state index is 12.8. The average molecular weight is 625 g/mol. The van der Waals surface area contributed by atoms with Crippen molar-refractivity contribution in [3.63, 3.8) is 0 Å². The van der Waals surface area contributed by atoms with Crippen LogP contribution in [0.15, 0.2) is 73.7 Å². The molecule has 2 aromatic heterocycles. The third kappa shape index (κ3) is 8.08. The van der Waals surface area contributed by atoms with E-state index in [0.29, 0.717) is 51.0 Å². The third-order valence-electron chi connectivity index (χ3n) is 6.77. The van der Waals surface area contributed by atoms with Crippen LogP contribution in [0.25, 0.3) is 10.9 Å². The number of fused-ring (bicyclic) bond motifs is 1. The number of halogens is 1. The second-order valence-electron chi connectivity index (χ2n) is 11.3. The molecule has 0 saturated carbocycles. The summed E-state index contributed by atoms with van der Waals surface area (Å²) in [5.41, 5.74) is 2.45. The number of rotatable bonds is 7. The Bertz CT molecular complexity index is 1800. The third-order valence-corrected chi connectivity index (χ3v) is 7.06. The summed E-state index contributed by atoms with van der Waals surface area (Å²) < 4.78 is 11.4. The molecule has 10 nitrogen and oxygen atoms in total. The van der Waals surface area contributed by atoms with E-state index in [4.69, 9.17) is 21.1 Å². The number of ether oxygens (including phenoxy) is 2. The fourth-order valence-corrected chi connectivity index (χ4v) is 4.91. The van der Waals surface area contributed by atoms with Crippen molar-refractivity contribution in [2.75, 3.05) is 17.2 Å². The quantitative estimate of drug-likeness (QED) is 0.169. The largest absolute Gasteiger partial charge is 0.486 e. The standard InChI is InChI=1S/C34H33ClN6O4/c1-5-31(42)40-28-19-26-29(17-22(28)11-13-25-10-8-16-41(25)33(43)45-34(2,3)4)37-21-38-32(26)39-23-12-14-30(27(35)18-23)44-20-24-9-6-7-15-36-24/h5-7,9,12,14-15,17-19,21,25H,1,8,10,16,20H2,2-4H3,(H,40,42)(H,37,38,39). The van der Waals surface area contributed by atoms with Gasteiger partial charge < -0.3 is 20.1 Å². The Morgan fingerprint density at radius 2 is 2.00 bits per heavy atom. The molecule has 45 heavy (non-hydrogen) atoms. The van der Waals surface area contributed by atoms with E-state index in [9.17, 15) is 9.59 Å². The van der Waals surface area contributed by atoms with Gasteiger partial charge in [0.25, 0.3) is 0 Å². The van der Waals surface area contributed by atoms with E-state index in [-0.39, 0.29) is 12.6 Å². The number of anilines is 3. The summed E-state index contributed by atoms with van der Waals surface area (Å²) in [6.07, 6.45) is 5.48. The lowest BCUT2D eigenvalue weighted by Crippen LogP contribution is -2.39. The fourth-order valence-electron chi connectivity index (χ4n) is 4.68. The minimum atomic E-state index is -0.606. The SMILES string of the molecule is C=CC(=O)Nc1cc2c(Nc3ccc(OCc4ccccn4)c(Cl)c3)ncnc2cc1C#CC1CCCN1C(=O)OC(C)(C)C. The van der Waals surface area contributed by atoms with Crippen LogP contribution in [0.1, 0.15) is 44.9 Å². The number of hydrogen-bond donors (Lipinski definition) is 2. The molecule has 1 aliphatic rings. The molecule has 2 aromatic carbocycles. The summed E-state index contributed by atoms with van der Waals surface area (Å²) in [7, 11) is 0. The first kappa shape index (κ1) is 31.3. The van der Waals surface area contributed by atoms with Gasteiger partial charge in [0.15, 0.2) is 0 Å². The Hall–Kier alpha value is -5.14. The highest BCUT2D eigenvalue weighted by molar-refractivity contribution is 6.32. The molecule has 4 aromatic rings. The van der Waals surface area contributed by atoms with Gasteiger partial charge in [0.2, 0.25) is 5.91 Å². The van der Waals surface area contributed by atoms with Gasteiger partial charge in [-0.05, 0) is 82.2 Å². The fraction of sp³-hybridized carbons (Fsp3) is 0.265. The van der Waals surface area contributed by atoms with Gasteiger partial charge in [-0.3, -0.25) is 14.7 Å². The number of hydrogen-bond acceptors (Lipinski definition) is 8. The molecular formula is C34H33ClN6O4. The van der Waals surface area contributed by atoms with Gasteiger partial charge >= 0.3 is 6.09 Å². The van der Waals surface area contributed by atoms with Crippen molar-refractivity contribution in [3.8, 4) is 17.6 Å². The molecule has 3 heterocycles. The lowest BCUT2D eigenvalue weighted by Gasteiger charge is -2.26. The Balaban J connectivity index is 1.41. The van der Waals surface area contributed by atoms with Crippen molar-refractivity contribution < 1.29 is 19.1 Å². The Labute approximate surface area is 266 Å². The molecule has 0 spiro atoms. The summed E-state index contributed by atoms with van der Waals surface area (Å²) in [5.74, 6) is 6.99. The number of pyridine rings is 1. The molecule has 1 fully saturated rings. The highest BCUT2D eigenvalue weighted by Gasteiger charge is 2.31. The first-order valence-corrected chi connectivity index (χ1v) is 14.8. The summed E-state index contributed by atoms with van der Waals surface area (Å²) in [6.45, 7) is 9.92. The maximum Gasteiger partial charge on any atom is 0.411 e. The molecule has 1 atom stereocenters. The molecule has 230 valence electrons. The maximum absolute atomic E-state index is 12.8. The van der Waals surface area contributed by atoms with E-state index in [0.717, 1.165) is 18.5 Å². The molecule has 11 heteroatoms. The molecule has 1 saturated heterocycles. The first-order valence-electron chi connectivity index (χ1n) is 14.4. The number of carbonyl (C=O) groups excluding carboxylic acids is 2. The minimum absolute atomic E-state index is 0.286. The van der Waals surface area contributed by atoms with Crippen molar-refractivity contribution in [2.24, 2.45) is 0 Å². The van der Waals surface area contributed by atoms with Gasteiger partial charge in [-0.25, -0.2) is 14.8 Å². The topological polar surface area (TPSA) is 119 Å². The van der Waals surface area contributed by atoms with Crippen molar-refractivity contribution in [3.05, 3.63) is 90.0 Å². The molecule has 2 amide bonds. The molecule has 2 N–H and O–H groups in total. The van der Waals surface area contributed by atoms with Crippen LogP contribution in [0, 0.1) is 11.8 Å². The Kier molecular flexibility index (Phi) is 9.50. The van der Waals surface area contributed by atoms with Gasteiger partial charge in [0, 0.05) is 23.8 Å². The van der Waals surface area contributed by atoms with Crippen LogP contribution >= 0.6 is 11.6 Å². The normalized spacial score (nSPS) is 14.3. The van der Waals surface area contributed by atoms with Gasteiger partial charge in [0.1, 0.15) is 30.1 Å². The van der Waals surface area contributed by atoms with E-state index in [1.165, 1.54) is 12.4 Å². The number of aromatic nitrogens is 3. The number of likely N-dealkylation sites (tertiary alicyclic amines) is 1. The Morgan fingerprint density at radius 1 is 1.16 bits per heavy atom. The van der Waals surface area contributed by atoms with Gasteiger partial charge in [-0.2, -0.15) is 0 Å². The van der Waals surface area contributed by atoms with Crippen LogP contribution in [0.2, 0.25) is 5.02 Å². The first-order chi connectivity index (χ1) is 21.6. The zero-order chi connectivity index (χ0) is 32.0. The molecule has 0 aliphatic carbocycles. The number of benzene rings is 2. The number of carbonyl (C=O) groups is 2. The lowest BCUT2D eigenvalue weighted by molar-refractivity contribution is -0.111. The summed E-state index contributed by atoms with van der Waals surface area (Å²) in [4.78, 5) is 39.9. The predicted molar refractivity (Wildman–Crippen MR) is 175 cm³/mol. The van der Waals surface area contributed by atoms with E-state index in [2.05, 4.69) is 44.0 Å².